The number of carboxylic acid groups (broad SMARTS) is 1. The van der Waals surface area contributed by atoms with Crippen molar-refractivity contribution in [3.63, 3.8) is 0 Å². The van der Waals surface area contributed by atoms with Crippen molar-refractivity contribution in [1.29, 1.82) is 0 Å². The van der Waals surface area contributed by atoms with Crippen LogP contribution in [-0.2, 0) is 10.0 Å². The van der Waals surface area contributed by atoms with Crippen molar-refractivity contribution in [2.24, 2.45) is 5.14 Å². The first-order chi connectivity index (χ1) is 8.80. The number of hydrogen-bond donors (Lipinski definition) is 3. The zero-order valence-electron chi connectivity index (χ0n) is 9.78. The number of pyridine rings is 1. The quantitative estimate of drug-likeness (QED) is 0.730. The fraction of sp³-hybridized carbons (Fsp3) is 0.100. The van der Waals surface area contributed by atoms with Crippen molar-refractivity contribution in [3.05, 3.63) is 29.5 Å². The number of aromatic carboxylic acids is 1. The number of nitrogens with two attached hydrogens (primary N) is 1. The Morgan fingerprint density at radius 1 is 1.42 bits per heavy atom. The number of hydrogen-bond acceptors (Lipinski definition) is 5. The maximum absolute atomic E-state index is 11.3. The van der Waals surface area contributed by atoms with Crippen LogP contribution in [-0.4, -0.2) is 34.7 Å². The van der Waals surface area contributed by atoms with Gasteiger partial charge in [-0.05, 0) is 19.1 Å². The van der Waals surface area contributed by atoms with E-state index in [9.17, 15) is 13.2 Å². The van der Waals surface area contributed by atoms with Gasteiger partial charge in [0.05, 0.1) is 5.69 Å². The predicted octanol–water partition coefficient (Wildman–Crippen LogP) is 0.126. The highest BCUT2D eigenvalue weighted by Crippen LogP contribution is 2.24. The van der Waals surface area contributed by atoms with Crippen LogP contribution in [0.1, 0.15) is 16.1 Å². The lowest BCUT2D eigenvalue weighted by molar-refractivity contribution is 0.0693. The van der Waals surface area contributed by atoms with E-state index in [4.69, 9.17) is 10.2 Å². The van der Waals surface area contributed by atoms with Crippen molar-refractivity contribution in [1.82, 2.24) is 15.2 Å². The van der Waals surface area contributed by atoms with Crippen LogP contribution in [0.15, 0.2) is 23.2 Å². The molecule has 0 saturated heterocycles. The van der Waals surface area contributed by atoms with Gasteiger partial charge in [-0.3, -0.25) is 10.1 Å². The molecule has 4 N–H and O–H groups in total. The van der Waals surface area contributed by atoms with Gasteiger partial charge in [0.1, 0.15) is 11.3 Å². The lowest BCUT2D eigenvalue weighted by Crippen LogP contribution is -2.16. The number of aromatic amines is 1. The number of aromatic nitrogens is 3. The number of carbonyl (C=O) groups is 1. The molecule has 9 heteroatoms. The molecule has 100 valence electrons. The van der Waals surface area contributed by atoms with E-state index in [2.05, 4.69) is 15.2 Å². The average Bonchev–Trinajstić information content (AvgIpc) is 2.72. The molecule has 2 rings (SSSR count). The highest BCUT2D eigenvalue weighted by Gasteiger charge is 2.27. The fourth-order valence-corrected chi connectivity index (χ4v) is 2.23. The number of nitrogens with one attached hydrogen (secondary N) is 1. The molecule has 0 atom stereocenters. The van der Waals surface area contributed by atoms with E-state index < -0.39 is 26.6 Å². The normalized spacial score (nSPS) is 11.5. The summed E-state index contributed by atoms with van der Waals surface area (Å²) in [4.78, 5) is 15.3. The molecule has 0 aromatic carbocycles. The van der Waals surface area contributed by atoms with E-state index in [1.165, 1.54) is 6.07 Å². The summed E-state index contributed by atoms with van der Waals surface area (Å²) in [6.45, 7) is 1.72. The zero-order valence-corrected chi connectivity index (χ0v) is 10.6. The zero-order chi connectivity index (χ0) is 14.2. The second-order valence-corrected chi connectivity index (χ2v) is 5.29. The second-order valence-electron chi connectivity index (χ2n) is 3.79. The van der Waals surface area contributed by atoms with Crippen molar-refractivity contribution in [3.8, 4) is 11.4 Å². The van der Waals surface area contributed by atoms with Crippen LogP contribution in [0, 0.1) is 6.92 Å². The minimum atomic E-state index is -4.20. The van der Waals surface area contributed by atoms with E-state index in [1.807, 2.05) is 0 Å². The van der Waals surface area contributed by atoms with Crippen LogP contribution in [0.4, 0.5) is 0 Å². The topological polar surface area (TPSA) is 139 Å². The maximum atomic E-state index is 11.3. The summed E-state index contributed by atoms with van der Waals surface area (Å²) in [6.07, 6.45) is 0. The summed E-state index contributed by atoms with van der Waals surface area (Å²) in [5, 5.41) is 19.2. The summed E-state index contributed by atoms with van der Waals surface area (Å²) >= 11 is 0. The number of H-pyrrole nitrogens is 1. The minimum absolute atomic E-state index is 0.0692. The number of nitrogens with zero attached hydrogens (tertiary/aromatic N) is 2. The Kier molecular flexibility index (Phi) is 3.08. The molecule has 0 amide bonds. The molecule has 2 aromatic rings. The predicted molar refractivity (Wildman–Crippen MR) is 64.9 cm³/mol. The van der Waals surface area contributed by atoms with Crippen LogP contribution >= 0.6 is 0 Å². The van der Waals surface area contributed by atoms with Crippen molar-refractivity contribution < 1.29 is 18.3 Å². The number of aryl methyl sites for hydroxylation is 1. The summed E-state index contributed by atoms with van der Waals surface area (Å²) < 4.78 is 22.6. The molecule has 2 aromatic heterocycles. The molecule has 0 bridgehead atoms. The number of rotatable bonds is 3. The number of sulfonamides is 1. The molecule has 0 aliphatic rings. The van der Waals surface area contributed by atoms with Gasteiger partial charge in [0.25, 0.3) is 10.0 Å². The fourth-order valence-electron chi connectivity index (χ4n) is 1.59. The van der Waals surface area contributed by atoms with Crippen molar-refractivity contribution >= 4 is 16.0 Å². The van der Waals surface area contributed by atoms with E-state index >= 15 is 0 Å². The maximum Gasteiger partial charge on any atom is 0.341 e. The van der Waals surface area contributed by atoms with Gasteiger partial charge in [-0.25, -0.2) is 18.4 Å². The molecular formula is C10H10N4O4S. The number of carboxylic acids is 1. The smallest absolute Gasteiger partial charge is 0.341 e. The third kappa shape index (κ3) is 2.46. The average molecular weight is 282 g/mol. The van der Waals surface area contributed by atoms with E-state index in [-0.39, 0.29) is 11.4 Å². The SMILES string of the molecule is Cc1cccc(-c2n[nH]c(S(N)(=O)=O)c2C(=O)O)n1. The third-order valence-electron chi connectivity index (χ3n) is 2.36. The molecule has 0 aliphatic heterocycles. The minimum Gasteiger partial charge on any atom is -0.478 e. The third-order valence-corrected chi connectivity index (χ3v) is 3.23. The largest absolute Gasteiger partial charge is 0.478 e. The standard InChI is InChI=1S/C10H10N4O4S/c1-5-3-2-4-6(12-5)8-7(10(15)16)9(14-13-8)19(11,17)18/h2-4H,1H3,(H,13,14)(H,15,16)(H2,11,17,18). The molecule has 0 aliphatic carbocycles. The highest BCUT2D eigenvalue weighted by molar-refractivity contribution is 7.89. The van der Waals surface area contributed by atoms with Crippen LogP contribution in [0.5, 0.6) is 0 Å². The second kappa shape index (κ2) is 4.44. The van der Waals surface area contributed by atoms with Gasteiger partial charge in [0, 0.05) is 5.69 Å². The van der Waals surface area contributed by atoms with Crippen LogP contribution < -0.4 is 5.14 Å². The molecule has 0 spiro atoms. The molecule has 0 fully saturated rings. The Hall–Kier alpha value is -2.26. The van der Waals surface area contributed by atoms with Crippen molar-refractivity contribution in [2.75, 3.05) is 0 Å². The number of primary sulfonamides is 1. The Morgan fingerprint density at radius 2 is 2.11 bits per heavy atom. The summed E-state index contributed by atoms with van der Waals surface area (Å²) in [7, 11) is -4.20. The molecular weight excluding hydrogens is 272 g/mol. The van der Waals surface area contributed by atoms with E-state index in [1.54, 1.807) is 19.1 Å². The van der Waals surface area contributed by atoms with Gasteiger partial charge in [-0.2, -0.15) is 5.10 Å². The monoisotopic (exact) mass is 282 g/mol. The van der Waals surface area contributed by atoms with Crippen LogP contribution in [0.3, 0.4) is 0 Å². The van der Waals surface area contributed by atoms with E-state index in [0.717, 1.165) is 0 Å². The first-order valence-electron chi connectivity index (χ1n) is 5.09. The molecule has 8 nitrogen and oxygen atoms in total. The van der Waals surface area contributed by atoms with Crippen LogP contribution in [0.25, 0.3) is 11.4 Å². The summed E-state index contributed by atoms with van der Waals surface area (Å²) in [5.41, 5.74) is 0.318. The van der Waals surface area contributed by atoms with Crippen molar-refractivity contribution in [2.45, 2.75) is 11.9 Å². The van der Waals surface area contributed by atoms with Gasteiger partial charge >= 0.3 is 5.97 Å². The van der Waals surface area contributed by atoms with Gasteiger partial charge in [0.15, 0.2) is 5.03 Å². The lowest BCUT2D eigenvalue weighted by atomic mass is 10.2. The first-order valence-corrected chi connectivity index (χ1v) is 6.64. The molecule has 0 saturated carbocycles. The van der Waals surface area contributed by atoms with Crippen LogP contribution in [0.2, 0.25) is 0 Å². The first kappa shape index (κ1) is 13.2. The Morgan fingerprint density at radius 3 is 2.63 bits per heavy atom. The molecule has 0 radical (unpaired) electrons. The van der Waals surface area contributed by atoms with Gasteiger partial charge in [0.2, 0.25) is 0 Å². The molecule has 2 heterocycles. The van der Waals surface area contributed by atoms with Gasteiger partial charge < -0.3 is 5.11 Å². The summed E-state index contributed by atoms with van der Waals surface area (Å²) in [5.74, 6) is -1.45. The van der Waals surface area contributed by atoms with E-state index in [0.29, 0.717) is 5.69 Å². The Labute approximate surface area is 108 Å². The Bertz CT molecular complexity index is 751. The summed E-state index contributed by atoms with van der Waals surface area (Å²) in [6, 6.07) is 4.91. The van der Waals surface area contributed by atoms with Gasteiger partial charge in [-0.15, -0.1) is 0 Å². The lowest BCUT2D eigenvalue weighted by Gasteiger charge is -2.00. The Balaban J connectivity index is 2.73. The molecule has 0 unspecified atom stereocenters. The highest BCUT2D eigenvalue weighted by atomic mass is 32.2. The molecule has 19 heavy (non-hydrogen) atoms. The van der Waals surface area contributed by atoms with Gasteiger partial charge in [-0.1, -0.05) is 6.07 Å².